The number of nitrogens with one attached hydrogen (secondary N) is 2. The molecular formula is C13H22N4O3S. The van der Waals surface area contributed by atoms with Gasteiger partial charge in [0.1, 0.15) is 0 Å². The highest BCUT2D eigenvalue weighted by Gasteiger charge is 2.18. The molecule has 0 aliphatic heterocycles. The number of sulfonamides is 1. The molecule has 0 radical (unpaired) electrons. The molecule has 4 N–H and O–H groups in total. The first-order valence-electron chi connectivity index (χ1n) is 6.46. The summed E-state index contributed by atoms with van der Waals surface area (Å²) in [5.74, 6) is 0. The molecule has 0 unspecified atom stereocenters. The SMILES string of the molecule is Cc1cc(N)c(C)c(S(=O)(=O)NCCNC(=O)N(C)C)c1. The summed E-state index contributed by atoms with van der Waals surface area (Å²) in [5.41, 5.74) is 7.53. The van der Waals surface area contributed by atoms with E-state index in [1.807, 2.05) is 0 Å². The van der Waals surface area contributed by atoms with Crippen molar-refractivity contribution in [3.8, 4) is 0 Å². The van der Waals surface area contributed by atoms with Crippen molar-refractivity contribution >= 4 is 21.7 Å². The molecule has 7 nitrogen and oxygen atoms in total. The minimum Gasteiger partial charge on any atom is -0.398 e. The number of anilines is 1. The maximum Gasteiger partial charge on any atom is 0.316 e. The van der Waals surface area contributed by atoms with Gasteiger partial charge in [-0.2, -0.15) is 0 Å². The fourth-order valence-corrected chi connectivity index (χ4v) is 3.11. The highest BCUT2D eigenvalue weighted by molar-refractivity contribution is 7.89. The Morgan fingerprint density at radius 1 is 1.24 bits per heavy atom. The maximum atomic E-state index is 12.2. The number of nitrogens with two attached hydrogens (primary N) is 1. The molecule has 21 heavy (non-hydrogen) atoms. The minimum absolute atomic E-state index is 0.106. The van der Waals surface area contributed by atoms with Crippen molar-refractivity contribution in [2.24, 2.45) is 0 Å². The third-order valence-corrected chi connectivity index (χ3v) is 4.52. The van der Waals surface area contributed by atoms with Crippen LogP contribution < -0.4 is 15.8 Å². The summed E-state index contributed by atoms with van der Waals surface area (Å²) < 4.78 is 26.9. The third kappa shape index (κ3) is 4.61. The zero-order chi connectivity index (χ0) is 16.2. The summed E-state index contributed by atoms with van der Waals surface area (Å²) >= 11 is 0. The lowest BCUT2D eigenvalue weighted by molar-refractivity contribution is 0.217. The fraction of sp³-hybridized carbons (Fsp3) is 0.462. The van der Waals surface area contributed by atoms with Crippen molar-refractivity contribution in [2.45, 2.75) is 18.7 Å². The highest BCUT2D eigenvalue weighted by atomic mass is 32.2. The number of nitrogen functional groups attached to an aromatic ring is 1. The Kier molecular flexibility index (Phi) is 5.56. The van der Waals surface area contributed by atoms with E-state index in [1.54, 1.807) is 40.1 Å². The average Bonchev–Trinajstić information content (AvgIpc) is 2.38. The fourth-order valence-electron chi connectivity index (χ4n) is 1.72. The molecule has 0 atom stereocenters. The summed E-state index contributed by atoms with van der Waals surface area (Å²) in [6.45, 7) is 3.76. The van der Waals surface area contributed by atoms with E-state index >= 15 is 0 Å². The molecule has 1 rings (SSSR count). The number of urea groups is 1. The smallest absolute Gasteiger partial charge is 0.316 e. The standard InChI is InChI=1S/C13H22N4O3S/c1-9-7-11(14)10(2)12(8-9)21(19,20)16-6-5-15-13(18)17(3)4/h7-8,16H,5-6,14H2,1-4H3,(H,15,18). The number of aryl methyl sites for hydroxylation is 1. The van der Waals surface area contributed by atoms with Gasteiger partial charge in [0.15, 0.2) is 0 Å². The summed E-state index contributed by atoms with van der Waals surface area (Å²) in [6.07, 6.45) is 0. The van der Waals surface area contributed by atoms with Crippen molar-refractivity contribution in [1.29, 1.82) is 0 Å². The van der Waals surface area contributed by atoms with Crippen molar-refractivity contribution in [3.05, 3.63) is 23.3 Å². The Morgan fingerprint density at radius 2 is 1.86 bits per heavy atom. The van der Waals surface area contributed by atoms with Crippen molar-refractivity contribution in [3.63, 3.8) is 0 Å². The van der Waals surface area contributed by atoms with E-state index in [0.717, 1.165) is 5.56 Å². The lowest BCUT2D eigenvalue weighted by Crippen LogP contribution is -2.39. The van der Waals surface area contributed by atoms with E-state index in [0.29, 0.717) is 11.3 Å². The average molecular weight is 314 g/mol. The molecule has 0 saturated carbocycles. The van der Waals surface area contributed by atoms with E-state index in [4.69, 9.17) is 5.73 Å². The molecule has 0 saturated heterocycles. The molecular weight excluding hydrogens is 292 g/mol. The molecule has 0 aromatic heterocycles. The molecule has 0 aliphatic carbocycles. The second-order valence-corrected chi connectivity index (χ2v) is 6.74. The predicted octanol–water partition coefficient (Wildman–Crippen LogP) is 0.435. The van der Waals surface area contributed by atoms with Crippen LogP contribution >= 0.6 is 0 Å². The first kappa shape index (κ1) is 17.3. The molecule has 0 heterocycles. The second-order valence-electron chi connectivity index (χ2n) is 5.00. The summed E-state index contributed by atoms with van der Waals surface area (Å²) in [6, 6.07) is 3.03. The van der Waals surface area contributed by atoms with Crippen LogP contribution in [0.2, 0.25) is 0 Å². The van der Waals surface area contributed by atoms with Gasteiger partial charge in [-0.25, -0.2) is 17.9 Å². The van der Waals surface area contributed by atoms with Gasteiger partial charge < -0.3 is 16.0 Å². The Morgan fingerprint density at radius 3 is 2.43 bits per heavy atom. The lowest BCUT2D eigenvalue weighted by atomic mass is 10.1. The molecule has 0 fully saturated rings. The van der Waals surface area contributed by atoms with Crippen LogP contribution in [-0.2, 0) is 10.0 Å². The van der Waals surface area contributed by atoms with Crippen LogP contribution in [0.25, 0.3) is 0 Å². The molecule has 2 amide bonds. The van der Waals surface area contributed by atoms with Crippen LogP contribution in [0.1, 0.15) is 11.1 Å². The molecule has 0 spiro atoms. The molecule has 118 valence electrons. The number of hydrogen-bond donors (Lipinski definition) is 3. The van der Waals surface area contributed by atoms with E-state index < -0.39 is 10.0 Å². The number of rotatable bonds is 5. The van der Waals surface area contributed by atoms with Gasteiger partial charge in [0, 0.05) is 32.9 Å². The van der Waals surface area contributed by atoms with Gasteiger partial charge >= 0.3 is 6.03 Å². The second kappa shape index (κ2) is 6.77. The molecule has 0 bridgehead atoms. The Balaban J connectivity index is 2.73. The van der Waals surface area contributed by atoms with Crippen LogP contribution in [0, 0.1) is 13.8 Å². The van der Waals surface area contributed by atoms with Crippen LogP contribution in [-0.4, -0.2) is 46.5 Å². The number of amides is 2. The normalized spacial score (nSPS) is 11.2. The molecule has 8 heteroatoms. The summed E-state index contributed by atoms with van der Waals surface area (Å²) in [7, 11) is -0.430. The van der Waals surface area contributed by atoms with Crippen molar-refractivity contribution in [1.82, 2.24) is 14.9 Å². The number of benzene rings is 1. The third-order valence-electron chi connectivity index (χ3n) is 2.93. The summed E-state index contributed by atoms with van der Waals surface area (Å²) in [5, 5.41) is 2.58. The Bertz CT molecular complexity index is 627. The monoisotopic (exact) mass is 314 g/mol. The van der Waals surface area contributed by atoms with Crippen LogP contribution in [0.5, 0.6) is 0 Å². The lowest BCUT2D eigenvalue weighted by Gasteiger charge is -2.14. The number of carbonyl (C=O) groups excluding carboxylic acids is 1. The number of hydrogen-bond acceptors (Lipinski definition) is 4. The predicted molar refractivity (Wildman–Crippen MR) is 82.6 cm³/mol. The molecule has 0 aliphatic rings. The van der Waals surface area contributed by atoms with Crippen molar-refractivity contribution < 1.29 is 13.2 Å². The van der Waals surface area contributed by atoms with E-state index in [-0.39, 0.29) is 24.0 Å². The zero-order valence-corrected chi connectivity index (χ0v) is 13.5. The largest absolute Gasteiger partial charge is 0.398 e. The van der Waals surface area contributed by atoms with Gasteiger partial charge in [0.25, 0.3) is 0 Å². The minimum atomic E-state index is -3.65. The van der Waals surface area contributed by atoms with Crippen LogP contribution in [0.4, 0.5) is 10.5 Å². The first-order chi connectivity index (χ1) is 9.65. The summed E-state index contributed by atoms with van der Waals surface area (Å²) in [4.78, 5) is 12.8. The quantitative estimate of drug-likeness (QED) is 0.541. The van der Waals surface area contributed by atoms with E-state index in [1.165, 1.54) is 4.90 Å². The Labute approximate surface area is 125 Å². The van der Waals surface area contributed by atoms with E-state index in [2.05, 4.69) is 10.0 Å². The molecule has 1 aromatic rings. The topological polar surface area (TPSA) is 105 Å². The Hall–Kier alpha value is -1.80. The molecule has 1 aromatic carbocycles. The van der Waals surface area contributed by atoms with Crippen LogP contribution in [0.3, 0.4) is 0 Å². The van der Waals surface area contributed by atoms with Gasteiger partial charge in [0.2, 0.25) is 10.0 Å². The van der Waals surface area contributed by atoms with Crippen molar-refractivity contribution in [2.75, 3.05) is 32.9 Å². The van der Waals surface area contributed by atoms with Gasteiger partial charge in [-0.1, -0.05) is 0 Å². The van der Waals surface area contributed by atoms with E-state index in [9.17, 15) is 13.2 Å². The van der Waals surface area contributed by atoms with Gasteiger partial charge in [0.05, 0.1) is 4.90 Å². The number of nitrogens with zero attached hydrogens (tertiary/aromatic N) is 1. The van der Waals surface area contributed by atoms with Gasteiger partial charge in [-0.05, 0) is 37.1 Å². The number of carbonyl (C=O) groups is 1. The highest BCUT2D eigenvalue weighted by Crippen LogP contribution is 2.22. The van der Waals surface area contributed by atoms with Crippen LogP contribution in [0.15, 0.2) is 17.0 Å². The van der Waals surface area contributed by atoms with Gasteiger partial charge in [-0.15, -0.1) is 0 Å². The van der Waals surface area contributed by atoms with Gasteiger partial charge in [-0.3, -0.25) is 0 Å². The maximum absolute atomic E-state index is 12.2. The zero-order valence-electron chi connectivity index (χ0n) is 12.7. The first-order valence-corrected chi connectivity index (χ1v) is 7.95.